The highest BCUT2D eigenvalue weighted by Gasteiger charge is 2.42. The van der Waals surface area contributed by atoms with Crippen molar-refractivity contribution in [3.63, 3.8) is 0 Å². The quantitative estimate of drug-likeness (QED) is 0.781. The van der Waals surface area contributed by atoms with Gasteiger partial charge in [-0.2, -0.15) is 8.42 Å². The van der Waals surface area contributed by atoms with Gasteiger partial charge in [0.25, 0.3) is 0 Å². The van der Waals surface area contributed by atoms with Gasteiger partial charge in [-0.1, -0.05) is 12.1 Å². The van der Waals surface area contributed by atoms with Crippen LogP contribution >= 0.6 is 0 Å². The van der Waals surface area contributed by atoms with Crippen LogP contribution in [-0.4, -0.2) is 53.6 Å². The predicted molar refractivity (Wildman–Crippen MR) is 103 cm³/mol. The Bertz CT molecular complexity index is 923. The van der Waals surface area contributed by atoms with E-state index in [-0.39, 0.29) is 12.2 Å². The Labute approximate surface area is 158 Å². The van der Waals surface area contributed by atoms with Crippen molar-refractivity contribution in [3.05, 3.63) is 54.1 Å². The molecular formula is C18H22F2N4O2S. The number of anilines is 3. The molecule has 0 saturated carbocycles. The molecule has 0 aromatic heterocycles. The van der Waals surface area contributed by atoms with Gasteiger partial charge < -0.3 is 10.2 Å². The van der Waals surface area contributed by atoms with Crippen molar-refractivity contribution in [1.29, 1.82) is 0 Å². The van der Waals surface area contributed by atoms with Gasteiger partial charge in [-0.3, -0.25) is 0 Å². The molecule has 0 amide bonds. The molecule has 1 N–H and O–H groups in total. The van der Waals surface area contributed by atoms with Crippen LogP contribution in [0.2, 0.25) is 0 Å². The lowest BCUT2D eigenvalue weighted by Gasteiger charge is -2.24. The molecule has 0 spiro atoms. The van der Waals surface area contributed by atoms with Gasteiger partial charge in [-0.05, 0) is 38.4 Å². The molecule has 1 aliphatic rings. The summed E-state index contributed by atoms with van der Waals surface area (Å²) in [5, 5.41) is 3.04. The number of likely N-dealkylation sites (N-methyl/N-ethyl adjacent to an activating group) is 2. The van der Waals surface area contributed by atoms with E-state index in [4.69, 9.17) is 0 Å². The molecule has 0 bridgehead atoms. The molecule has 27 heavy (non-hydrogen) atoms. The smallest absolute Gasteiger partial charge is 0.318 e. The summed E-state index contributed by atoms with van der Waals surface area (Å²) < 4.78 is 56.2. The van der Waals surface area contributed by atoms with Gasteiger partial charge in [0.05, 0.1) is 17.1 Å². The number of para-hydroxylation sites is 2. The van der Waals surface area contributed by atoms with Crippen molar-refractivity contribution in [2.75, 3.05) is 48.9 Å². The summed E-state index contributed by atoms with van der Waals surface area (Å²) in [5.74, 6) is -1.69. The van der Waals surface area contributed by atoms with Crippen molar-refractivity contribution in [2.24, 2.45) is 0 Å². The maximum atomic E-state index is 14.3. The maximum Gasteiger partial charge on any atom is 0.331 e. The standard InChI is InChI=1S/C18H22F2N4O2S/c1-21-9-10-22(2)11-12-23-17-5-3-4-6-18(17)24(27(23,25)26)16-8-7-14(19)13-15(16)20/h3-8,13,21H,9-12H2,1-2H3. The highest BCUT2D eigenvalue weighted by molar-refractivity contribution is 7.95. The van der Waals surface area contributed by atoms with Gasteiger partial charge in [-0.25, -0.2) is 17.4 Å². The minimum atomic E-state index is -4.03. The van der Waals surface area contributed by atoms with Crippen molar-refractivity contribution in [2.45, 2.75) is 0 Å². The van der Waals surface area contributed by atoms with Gasteiger partial charge in [-0.15, -0.1) is 0 Å². The molecule has 1 heterocycles. The monoisotopic (exact) mass is 396 g/mol. The predicted octanol–water partition coefficient (Wildman–Crippen LogP) is 2.32. The second kappa shape index (κ2) is 7.79. The third-order valence-corrected chi connectivity index (χ3v) is 6.23. The normalized spacial score (nSPS) is 15.4. The minimum Gasteiger partial charge on any atom is -0.318 e. The van der Waals surface area contributed by atoms with Crippen molar-refractivity contribution < 1.29 is 17.2 Å². The minimum absolute atomic E-state index is 0.199. The number of benzene rings is 2. The van der Waals surface area contributed by atoms with Crippen LogP contribution in [0.5, 0.6) is 0 Å². The van der Waals surface area contributed by atoms with E-state index in [2.05, 4.69) is 5.32 Å². The van der Waals surface area contributed by atoms with Crippen molar-refractivity contribution in [1.82, 2.24) is 10.2 Å². The van der Waals surface area contributed by atoms with E-state index in [0.717, 1.165) is 29.5 Å². The average Bonchev–Trinajstić information content (AvgIpc) is 2.85. The van der Waals surface area contributed by atoms with E-state index in [1.54, 1.807) is 24.3 Å². The fraction of sp³-hybridized carbons (Fsp3) is 0.333. The molecule has 2 aromatic carbocycles. The Morgan fingerprint density at radius 2 is 1.74 bits per heavy atom. The molecule has 146 valence electrons. The zero-order chi connectivity index (χ0) is 19.6. The molecule has 6 nitrogen and oxygen atoms in total. The number of hydrogen-bond donors (Lipinski definition) is 1. The van der Waals surface area contributed by atoms with Crippen LogP contribution in [0.25, 0.3) is 0 Å². The number of nitrogens with one attached hydrogen (secondary N) is 1. The van der Waals surface area contributed by atoms with Gasteiger partial charge >= 0.3 is 10.2 Å². The second-order valence-electron chi connectivity index (χ2n) is 6.34. The van der Waals surface area contributed by atoms with Crippen LogP contribution in [0.1, 0.15) is 0 Å². The van der Waals surface area contributed by atoms with Crippen LogP contribution < -0.4 is 13.9 Å². The number of fused-ring (bicyclic) bond motifs is 1. The van der Waals surface area contributed by atoms with Crippen LogP contribution in [0.4, 0.5) is 25.8 Å². The molecule has 0 radical (unpaired) electrons. The summed E-state index contributed by atoms with van der Waals surface area (Å²) >= 11 is 0. The Morgan fingerprint density at radius 3 is 2.41 bits per heavy atom. The molecule has 9 heteroatoms. The molecule has 3 rings (SSSR count). The largest absolute Gasteiger partial charge is 0.331 e. The molecule has 0 aliphatic carbocycles. The number of halogens is 2. The van der Waals surface area contributed by atoms with Crippen molar-refractivity contribution in [3.8, 4) is 0 Å². The molecule has 2 aromatic rings. The zero-order valence-electron chi connectivity index (χ0n) is 15.2. The Kier molecular flexibility index (Phi) is 5.64. The van der Waals surface area contributed by atoms with E-state index in [0.29, 0.717) is 24.0 Å². The average molecular weight is 396 g/mol. The van der Waals surface area contributed by atoms with E-state index >= 15 is 0 Å². The number of rotatable bonds is 7. The first kappa shape index (κ1) is 19.5. The first-order valence-electron chi connectivity index (χ1n) is 8.56. The van der Waals surface area contributed by atoms with E-state index in [1.807, 2.05) is 19.0 Å². The fourth-order valence-corrected chi connectivity index (χ4v) is 4.72. The summed E-state index contributed by atoms with van der Waals surface area (Å²) in [6.07, 6.45) is 0. The highest BCUT2D eigenvalue weighted by Crippen LogP contribution is 2.45. The Hall–Kier alpha value is -2.23. The zero-order valence-corrected chi connectivity index (χ0v) is 16.0. The molecule has 1 aliphatic heterocycles. The first-order valence-corrected chi connectivity index (χ1v) is 9.96. The Morgan fingerprint density at radius 1 is 1.04 bits per heavy atom. The van der Waals surface area contributed by atoms with E-state index < -0.39 is 21.8 Å². The van der Waals surface area contributed by atoms with Gasteiger partial charge in [0.1, 0.15) is 5.82 Å². The van der Waals surface area contributed by atoms with Crippen LogP contribution in [0, 0.1) is 11.6 Å². The summed E-state index contributed by atoms with van der Waals surface area (Å²) in [6.45, 7) is 2.28. The van der Waals surface area contributed by atoms with Crippen LogP contribution in [-0.2, 0) is 10.2 Å². The molecule has 0 fully saturated rings. The topological polar surface area (TPSA) is 55.9 Å². The van der Waals surface area contributed by atoms with Crippen LogP contribution in [0.3, 0.4) is 0 Å². The van der Waals surface area contributed by atoms with E-state index in [1.165, 1.54) is 4.31 Å². The van der Waals surface area contributed by atoms with Gasteiger partial charge in [0, 0.05) is 32.2 Å². The summed E-state index contributed by atoms with van der Waals surface area (Å²) in [7, 11) is -0.272. The van der Waals surface area contributed by atoms with Gasteiger partial charge in [0.15, 0.2) is 5.82 Å². The fourth-order valence-electron chi connectivity index (χ4n) is 3.01. The second-order valence-corrected chi connectivity index (χ2v) is 8.04. The van der Waals surface area contributed by atoms with E-state index in [9.17, 15) is 17.2 Å². The first-order chi connectivity index (χ1) is 12.9. The third-order valence-electron chi connectivity index (χ3n) is 4.44. The highest BCUT2D eigenvalue weighted by atomic mass is 32.2. The van der Waals surface area contributed by atoms with Crippen LogP contribution in [0.15, 0.2) is 42.5 Å². The molecule has 0 saturated heterocycles. The van der Waals surface area contributed by atoms with Gasteiger partial charge in [0.2, 0.25) is 0 Å². The lowest BCUT2D eigenvalue weighted by molar-refractivity contribution is 0.345. The third kappa shape index (κ3) is 3.76. The summed E-state index contributed by atoms with van der Waals surface area (Å²) in [4.78, 5) is 2.01. The van der Waals surface area contributed by atoms with Crippen molar-refractivity contribution >= 4 is 27.3 Å². The number of hydrogen-bond acceptors (Lipinski definition) is 4. The lowest BCUT2D eigenvalue weighted by atomic mass is 10.2. The number of nitrogens with zero attached hydrogens (tertiary/aromatic N) is 3. The Balaban J connectivity index is 1.95. The molecule has 0 atom stereocenters. The lowest BCUT2D eigenvalue weighted by Crippen LogP contribution is -2.41. The molecule has 0 unspecified atom stereocenters. The SMILES string of the molecule is CNCCN(C)CCN1c2ccccc2N(c2ccc(F)cc2F)S1(=O)=O. The summed E-state index contributed by atoms with van der Waals surface area (Å²) in [6, 6.07) is 9.58. The maximum absolute atomic E-state index is 14.3. The summed E-state index contributed by atoms with van der Waals surface area (Å²) in [5.41, 5.74) is 0.624. The molecular weight excluding hydrogens is 374 g/mol.